The highest BCUT2D eigenvalue weighted by Gasteiger charge is 2.18. The summed E-state index contributed by atoms with van der Waals surface area (Å²) in [4.78, 5) is 13.9. The number of ether oxygens (including phenoxy) is 1. The number of ketones is 1. The van der Waals surface area contributed by atoms with Gasteiger partial charge in [-0.3, -0.25) is 4.79 Å². The number of hydrogen-bond acceptors (Lipinski definition) is 4. The molecule has 1 aromatic carbocycles. The van der Waals surface area contributed by atoms with Crippen molar-refractivity contribution in [3.63, 3.8) is 0 Å². The lowest BCUT2D eigenvalue weighted by molar-refractivity contribution is 0.0998. The van der Waals surface area contributed by atoms with Crippen LogP contribution in [-0.2, 0) is 0 Å². The molecule has 0 saturated heterocycles. The van der Waals surface area contributed by atoms with Crippen molar-refractivity contribution in [2.24, 2.45) is 0 Å². The molecular formula is C14H13ClO2S2. The number of methoxy groups -OCH3 is 1. The molecule has 0 aliphatic heterocycles. The molecule has 2 rings (SSSR count). The average Bonchev–Trinajstić information content (AvgIpc) is 2.85. The quantitative estimate of drug-likeness (QED) is 0.587. The summed E-state index contributed by atoms with van der Waals surface area (Å²) in [5.41, 5.74) is 0. The number of thioether (sulfide) groups is 1. The summed E-state index contributed by atoms with van der Waals surface area (Å²) in [7, 11) is 1.63. The van der Waals surface area contributed by atoms with E-state index in [2.05, 4.69) is 0 Å². The van der Waals surface area contributed by atoms with E-state index in [-0.39, 0.29) is 11.0 Å². The van der Waals surface area contributed by atoms with E-state index in [1.807, 2.05) is 31.2 Å². The van der Waals surface area contributed by atoms with E-state index < -0.39 is 0 Å². The molecule has 2 aromatic rings. The fraction of sp³-hybridized carbons (Fsp3) is 0.214. The number of rotatable bonds is 5. The molecule has 0 aliphatic rings. The summed E-state index contributed by atoms with van der Waals surface area (Å²) in [6, 6.07) is 11.2. The van der Waals surface area contributed by atoms with Gasteiger partial charge < -0.3 is 4.74 Å². The summed E-state index contributed by atoms with van der Waals surface area (Å²) in [6.45, 7) is 1.91. The van der Waals surface area contributed by atoms with Gasteiger partial charge in [-0.15, -0.1) is 23.1 Å². The van der Waals surface area contributed by atoms with Crippen molar-refractivity contribution in [1.29, 1.82) is 0 Å². The molecule has 1 unspecified atom stereocenters. The van der Waals surface area contributed by atoms with Crippen molar-refractivity contribution in [3.8, 4) is 5.75 Å². The fourth-order valence-corrected chi connectivity index (χ4v) is 3.64. The normalized spacial score (nSPS) is 12.2. The topological polar surface area (TPSA) is 26.3 Å². The predicted octanol–water partition coefficient (Wildman–Crippen LogP) is 4.77. The van der Waals surface area contributed by atoms with E-state index >= 15 is 0 Å². The molecule has 0 fully saturated rings. The second kappa shape index (κ2) is 6.46. The number of halogens is 1. The van der Waals surface area contributed by atoms with Crippen LogP contribution in [0.15, 0.2) is 41.3 Å². The lowest BCUT2D eigenvalue weighted by Crippen LogP contribution is -2.11. The van der Waals surface area contributed by atoms with Gasteiger partial charge in [0.15, 0.2) is 5.78 Å². The van der Waals surface area contributed by atoms with Gasteiger partial charge in [0.2, 0.25) is 0 Å². The average molecular weight is 313 g/mol. The molecule has 19 heavy (non-hydrogen) atoms. The van der Waals surface area contributed by atoms with Crippen LogP contribution in [0.5, 0.6) is 5.75 Å². The standard InChI is InChI=1S/C14H13ClO2S2/c1-9(14(16)12-7-8-13(15)19-12)18-11-5-3-10(17-2)4-6-11/h3-9H,1-2H3. The Labute approximate surface area is 125 Å². The van der Waals surface area contributed by atoms with Crippen LogP contribution in [0.1, 0.15) is 16.6 Å². The minimum atomic E-state index is -0.136. The van der Waals surface area contributed by atoms with Crippen LogP contribution in [-0.4, -0.2) is 18.1 Å². The predicted molar refractivity (Wildman–Crippen MR) is 82.0 cm³/mol. The van der Waals surface area contributed by atoms with E-state index in [4.69, 9.17) is 16.3 Å². The van der Waals surface area contributed by atoms with E-state index in [0.29, 0.717) is 9.21 Å². The van der Waals surface area contributed by atoms with Crippen LogP contribution in [0.4, 0.5) is 0 Å². The van der Waals surface area contributed by atoms with E-state index in [9.17, 15) is 4.79 Å². The summed E-state index contributed by atoms with van der Waals surface area (Å²) in [5.74, 6) is 0.922. The minimum absolute atomic E-state index is 0.109. The van der Waals surface area contributed by atoms with E-state index in [1.165, 1.54) is 23.1 Å². The molecule has 0 spiro atoms. The van der Waals surface area contributed by atoms with Gasteiger partial charge in [0, 0.05) is 4.90 Å². The maximum atomic E-state index is 12.2. The number of benzene rings is 1. The van der Waals surface area contributed by atoms with Crippen molar-refractivity contribution >= 4 is 40.5 Å². The number of thiophene rings is 1. The van der Waals surface area contributed by atoms with Crippen LogP contribution in [0.25, 0.3) is 0 Å². The van der Waals surface area contributed by atoms with Gasteiger partial charge in [-0.25, -0.2) is 0 Å². The molecule has 100 valence electrons. The highest BCUT2D eigenvalue weighted by Crippen LogP contribution is 2.30. The number of carbonyl (C=O) groups is 1. The largest absolute Gasteiger partial charge is 0.497 e. The molecule has 0 saturated carbocycles. The lowest BCUT2D eigenvalue weighted by atomic mass is 10.2. The zero-order valence-corrected chi connectivity index (χ0v) is 12.9. The lowest BCUT2D eigenvalue weighted by Gasteiger charge is -2.09. The molecule has 1 aromatic heterocycles. The second-order valence-electron chi connectivity index (χ2n) is 3.90. The van der Waals surface area contributed by atoms with Crippen molar-refractivity contribution in [3.05, 3.63) is 45.6 Å². The van der Waals surface area contributed by atoms with Crippen molar-refractivity contribution in [2.45, 2.75) is 17.1 Å². The molecular weight excluding hydrogens is 300 g/mol. The summed E-state index contributed by atoms with van der Waals surface area (Å²) in [6.07, 6.45) is 0. The third-order valence-electron chi connectivity index (χ3n) is 2.56. The van der Waals surface area contributed by atoms with E-state index in [0.717, 1.165) is 10.6 Å². The van der Waals surface area contributed by atoms with Crippen LogP contribution >= 0.6 is 34.7 Å². The highest BCUT2D eigenvalue weighted by molar-refractivity contribution is 8.00. The van der Waals surface area contributed by atoms with Crippen molar-refractivity contribution < 1.29 is 9.53 Å². The zero-order valence-electron chi connectivity index (χ0n) is 10.6. The smallest absolute Gasteiger partial charge is 0.185 e. The Morgan fingerprint density at radius 1 is 1.26 bits per heavy atom. The number of Topliss-reactive ketones (excluding diaryl/α,β-unsaturated/α-hetero) is 1. The Bertz CT molecular complexity index is 563. The van der Waals surface area contributed by atoms with Crippen molar-refractivity contribution in [2.75, 3.05) is 7.11 Å². The van der Waals surface area contributed by atoms with Gasteiger partial charge in [0.1, 0.15) is 5.75 Å². The van der Waals surface area contributed by atoms with Gasteiger partial charge >= 0.3 is 0 Å². The summed E-state index contributed by atoms with van der Waals surface area (Å²) < 4.78 is 5.75. The summed E-state index contributed by atoms with van der Waals surface area (Å²) in [5, 5.41) is -0.136. The molecule has 0 amide bonds. The molecule has 1 atom stereocenters. The minimum Gasteiger partial charge on any atom is -0.497 e. The van der Waals surface area contributed by atoms with Crippen LogP contribution in [0.2, 0.25) is 4.34 Å². The SMILES string of the molecule is COc1ccc(SC(C)C(=O)c2ccc(Cl)s2)cc1. The van der Waals surface area contributed by atoms with Gasteiger partial charge in [0.25, 0.3) is 0 Å². The summed E-state index contributed by atoms with van der Waals surface area (Å²) >= 11 is 8.71. The van der Waals surface area contributed by atoms with Crippen LogP contribution in [0, 0.1) is 0 Å². The Morgan fingerprint density at radius 3 is 2.47 bits per heavy atom. The Hall–Kier alpha value is -0.970. The van der Waals surface area contributed by atoms with Crippen molar-refractivity contribution in [1.82, 2.24) is 0 Å². The third-order valence-corrected chi connectivity index (χ3v) is 4.92. The monoisotopic (exact) mass is 312 g/mol. The zero-order chi connectivity index (χ0) is 13.8. The maximum absolute atomic E-state index is 12.2. The molecule has 1 heterocycles. The Balaban J connectivity index is 2.03. The van der Waals surface area contributed by atoms with Crippen LogP contribution in [0.3, 0.4) is 0 Å². The molecule has 0 bridgehead atoms. The molecule has 5 heteroatoms. The maximum Gasteiger partial charge on any atom is 0.185 e. The third kappa shape index (κ3) is 3.75. The Kier molecular flexibility index (Phi) is 4.91. The molecule has 0 aliphatic carbocycles. The number of carbonyl (C=O) groups excluding carboxylic acids is 1. The highest BCUT2D eigenvalue weighted by atomic mass is 35.5. The molecule has 2 nitrogen and oxygen atoms in total. The Morgan fingerprint density at radius 2 is 1.95 bits per heavy atom. The van der Waals surface area contributed by atoms with E-state index in [1.54, 1.807) is 19.2 Å². The van der Waals surface area contributed by atoms with Gasteiger partial charge in [0.05, 0.1) is 21.6 Å². The molecule has 0 N–H and O–H groups in total. The van der Waals surface area contributed by atoms with Gasteiger partial charge in [-0.05, 0) is 43.3 Å². The first-order valence-electron chi connectivity index (χ1n) is 5.70. The fourth-order valence-electron chi connectivity index (χ4n) is 1.56. The first kappa shape index (κ1) is 14.4. The molecule has 0 radical (unpaired) electrons. The number of hydrogen-bond donors (Lipinski definition) is 0. The second-order valence-corrected chi connectivity index (χ2v) is 7.03. The first-order valence-corrected chi connectivity index (χ1v) is 7.78. The van der Waals surface area contributed by atoms with Crippen LogP contribution < -0.4 is 4.74 Å². The first-order chi connectivity index (χ1) is 9.10. The van der Waals surface area contributed by atoms with Gasteiger partial charge in [-0.2, -0.15) is 0 Å². The van der Waals surface area contributed by atoms with Gasteiger partial charge in [-0.1, -0.05) is 11.6 Å².